The van der Waals surface area contributed by atoms with Crippen LogP contribution in [0.25, 0.3) is 10.8 Å². The maximum Gasteiger partial charge on any atom is 0.275 e. The van der Waals surface area contributed by atoms with E-state index in [2.05, 4.69) is 10.5 Å². The quantitative estimate of drug-likeness (QED) is 0.546. The van der Waals surface area contributed by atoms with E-state index in [1.165, 1.54) is 13.3 Å². The summed E-state index contributed by atoms with van der Waals surface area (Å²) < 4.78 is 10.5. The summed E-state index contributed by atoms with van der Waals surface area (Å²) in [4.78, 5) is 12.3. The number of carbonyl (C=O) groups is 1. The average Bonchev–Trinajstić information content (AvgIpc) is 2.68. The van der Waals surface area contributed by atoms with Gasteiger partial charge in [0.25, 0.3) is 5.91 Å². The number of hydrogen-bond acceptors (Lipinski definition) is 5. The summed E-state index contributed by atoms with van der Waals surface area (Å²) in [6.07, 6.45) is 1.46. The predicted molar refractivity (Wildman–Crippen MR) is 100 cm³/mol. The molecule has 132 valence electrons. The van der Waals surface area contributed by atoms with Crippen LogP contribution in [-0.4, -0.2) is 31.4 Å². The zero-order valence-electron chi connectivity index (χ0n) is 14.4. The van der Waals surface area contributed by atoms with Crippen molar-refractivity contribution in [2.45, 2.75) is 0 Å². The molecule has 3 rings (SSSR count). The Morgan fingerprint density at radius 3 is 2.62 bits per heavy atom. The topological polar surface area (TPSA) is 80.2 Å². The summed E-state index contributed by atoms with van der Waals surface area (Å²) >= 11 is 0. The minimum Gasteiger partial charge on any atom is -0.506 e. The van der Waals surface area contributed by atoms with Crippen molar-refractivity contribution in [2.24, 2.45) is 5.10 Å². The van der Waals surface area contributed by atoms with E-state index < -0.39 is 5.91 Å². The molecule has 6 nitrogen and oxygen atoms in total. The molecule has 0 unspecified atom stereocenters. The highest BCUT2D eigenvalue weighted by Crippen LogP contribution is 2.30. The van der Waals surface area contributed by atoms with Crippen LogP contribution in [0, 0.1) is 0 Å². The number of hydrazone groups is 1. The fourth-order valence-corrected chi connectivity index (χ4v) is 2.67. The maximum atomic E-state index is 12.3. The number of fused-ring (bicyclic) bond motifs is 1. The second kappa shape index (κ2) is 7.57. The molecule has 0 bridgehead atoms. The van der Waals surface area contributed by atoms with Gasteiger partial charge in [0, 0.05) is 10.9 Å². The van der Waals surface area contributed by atoms with Gasteiger partial charge in [-0.3, -0.25) is 4.79 Å². The van der Waals surface area contributed by atoms with E-state index in [-0.39, 0.29) is 11.3 Å². The number of hydrogen-bond donors (Lipinski definition) is 2. The molecule has 3 aromatic rings. The number of ether oxygens (including phenoxy) is 2. The Kier molecular flexibility index (Phi) is 5.03. The van der Waals surface area contributed by atoms with Crippen molar-refractivity contribution in [3.8, 4) is 17.2 Å². The first-order valence-corrected chi connectivity index (χ1v) is 7.91. The Morgan fingerprint density at radius 1 is 1.04 bits per heavy atom. The molecular weight excluding hydrogens is 332 g/mol. The third-order valence-corrected chi connectivity index (χ3v) is 3.95. The molecule has 0 fully saturated rings. The van der Waals surface area contributed by atoms with Crippen molar-refractivity contribution in [2.75, 3.05) is 14.2 Å². The number of benzene rings is 3. The predicted octanol–water partition coefficient (Wildman–Crippen LogP) is 3.33. The van der Waals surface area contributed by atoms with Crippen molar-refractivity contribution in [3.63, 3.8) is 0 Å². The smallest absolute Gasteiger partial charge is 0.275 e. The number of phenolic OH excluding ortho intramolecular Hbond substituents is 1. The Hall–Kier alpha value is -3.54. The van der Waals surface area contributed by atoms with Crippen LogP contribution in [0.1, 0.15) is 15.9 Å². The first kappa shape index (κ1) is 17.3. The first-order valence-electron chi connectivity index (χ1n) is 7.91. The van der Waals surface area contributed by atoms with E-state index in [0.29, 0.717) is 22.4 Å². The molecule has 0 aliphatic carbocycles. The van der Waals surface area contributed by atoms with E-state index in [1.54, 1.807) is 49.6 Å². The third kappa shape index (κ3) is 3.30. The van der Waals surface area contributed by atoms with Gasteiger partial charge in [0.1, 0.15) is 5.75 Å². The van der Waals surface area contributed by atoms with Gasteiger partial charge >= 0.3 is 0 Å². The van der Waals surface area contributed by atoms with E-state index in [0.717, 1.165) is 5.39 Å². The van der Waals surface area contributed by atoms with Crippen LogP contribution in [0.15, 0.2) is 59.7 Å². The number of amides is 1. The molecule has 0 aliphatic rings. The second-order valence-electron chi connectivity index (χ2n) is 5.46. The van der Waals surface area contributed by atoms with Gasteiger partial charge in [-0.05, 0) is 23.6 Å². The molecule has 1 amide bonds. The van der Waals surface area contributed by atoms with Gasteiger partial charge in [0.2, 0.25) is 0 Å². The van der Waals surface area contributed by atoms with Gasteiger partial charge < -0.3 is 14.6 Å². The Bertz CT molecular complexity index is 983. The lowest BCUT2D eigenvalue weighted by Crippen LogP contribution is -2.17. The number of phenols is 1. The van der Waals surface area contributed by atoms with Gasteiger partial charge in [-0.1, -0.05) is 36.4 Å². The first-order chi connectivity index (χ1) is 12.7. The summed E-state index contributed by atoms with van der Waals surface area (Å²) in [6, 6.07) is 16.0. The van der Waals surface area contributed by atoms with Gasteiger partial charge in [-0.2, -0.15) is 5.10 Å². The third-order valence-electron chi connectivity index (χ3n) is 3.95. The van der Waals surface area contributed by atoms with Crippen LogP contribution in [0.5, 0.6) is 17.2 Å². The molecule has 26 heavy (non-hydrogen) atoms. The number of methoxy groups -OCH3 is 2. The summed E-state index contributed by atoms with van der Waals surface area (Å²) in [5.41, 5.74) is 3.22. The van der Waals surface area contributed by atoms with Crippen LogP contribution in [0.4, 0.5) is 0 Å². The van der Waals surface area contributed by atoms with E-state index in [4.69, 9.17) is 9.47 Å². The molecular formula is C20H18N2O4. The molecule has 0 radical (unpaired) electrons. The lowest BCUT2D eigenvalue weighted by atomic mass is 10.1. The molecule has 2 N–H and O–H groups in total. The largest absolute Gasteiger partial charge is 0.506 e. The SMILES string of the molecule is COc1cccc(/C=N/NC(=O)c2ccc3ccccc3c2O)c1OC. The van der Waals surface area contributed by atoms with Crippen LogP contribution in [0.2, 0.25) is 0 Å². The number of para-hydroxylation sites is 1. The van der Waals surface area contributed by atoms with Gasteiger partial charge in [-0.15, -0.1) is 0 Å². The normalized spacial score (nSPS) is 10.8. The fourth-order valence-electron chi connectivity index (χ4n) is 2.67. The van der Waals surface area contributed by atoms with Gasteiger partial charge in [0.05, 0.1) is 26.0 Å². The molecule has 0 spiro atoms. The molecule has 3 aromatic carbocycles. The van der Waals surface area contributed by atoms with E-state index in [9.17, 15) is 9.90 Å². The highest BCUT2D eigenvalue weighted by Gasteiger charge is 2.13. The number of rotatable bonds is 5. The highest BCUT2D eigenvalue weighted by molar-refractivity contribution is 6.03. The van der Waals surface area contributed by atoms with Crippen molar-refractivity contribution in [3.05, 3.63) is 65.7 Å². The number of nitrogens with one attached hydrogen (secondary N) is 1. The standard InChI is InChI=1S/C20H18N2O4/c1-25-17-9-5-7-14(19(17)26-2)12-21-22-20(24)16-11-10-13-6-3-4-8-15(13)18(16)23/h3-12,23H,1-2H3,(H,22,24)/b21-12+. The van der Waals surface area contributed by atoms with Crippen molar-refractivity contribution in [1.29, 1.82) is 0 Å². The van der Waals surface area contributed by atoms with Crippen LogP contribution >= 0.6 is 0 Å². The van der Waals surface area contributed by atoms with Crippen LogP contribution < -0.4 is 14.9 Å². The second-order valence-corrected chi connectivity index (χ2v) is 5.46. The monoisotopic (exact) mass is 350 g/mol. The Morgan fingerprint density at radius 2 is 1.85 bits per heavy atom. The minimum absolute atomic E-state index is 0.0743. The highest BCUT2D eigenvalue weighted by atomic mass is 16.5. The number of carbonyl (C=O) groups excluding carboxylic acids is 1. The molecule has 0 heterocycles. The zero-order chi connectivity index (χ0) is 18.5. The molecule has 0 atom stereocenters. The van der Waals surface area contributed by atoms with Crippen molar-refractivity contribution >= 4 is 22.9 Å². The van der Waals surface area contributed by atoms with Crippen LogP contribution in [-0.2, 0) is 0 Å². The van der Waals surface area contributed by atoms with Crippen LogP contribution in [0.3, 0.4) is 0 Å². The van der Waals surface area contributed by atoms with Gasteiger partial charge in [0.15, 0.2) is 11.5 Å². The lowest BCUT2D eigenvalue weighted by molar-refractivity contribution is 0.0952. The molecule has 0 saturated carbocycles. The Labute approximate surface area is 150 Å². The molecule has 0 saturated heterocycles. The van der Waals surface area contributed by atoms with Gasteiger partial charge in [-0.25, -0.2) is 5.43 Å². The Balaban J connectivity index is 1.81. The summed E-state index contributed by atoms with van der Waals surface area (Å²) in [6.45, 7) is 0. The number of nitrogens with zero attached hydrogens (tertiary/aromatic N) is 1. The fraction of sp³-hybridized carbons (Fsp3) is 0.100. The van der Waals surface area contributed by atoms with Crippen molar-refractivity contribution < 1.29 is 19.4 Å². The van der Waals surface area contributed by atoms with E-state index in [1.807, 2.05) is 12.1 Å². The molecule has 0 aliphatic heterocycles. The summed E-state index contributed by atoms with van der Waals surface area (Å²) in [7, 11) is 3.07. The van der Waals surface area contributed by atoms with Crippen molar-refractivity contribution in [1.82, 2.24) is 5.43 Å². The zero-order valence-corrected chi connectivity index (χ0v) is 14.4. The lowest BCUT2D eigenvalue weighted by Gasteiger charge is -2.09. The minimum atomic E-state index is -0.508. The maximum absolute atomic E-state index is 12.3. The molecule has 0 aromatic heterocycles. The summed E-state index contributed by atoms with van der Waals surface area (Å²) in [5, 5.41) is 15.8. The van der Waals surface area contributed by atoms with E-state index >= 15 is 0 Å². The average molecular weight is 350 g/mol. The number of aromatic hydroxyl groups is 1. The molecule has 6 heteroatoms. The summed E-state index contributed by atoms with van der Waals surface area (Å²) in [5.74, 6) is 0.498.